The third kappa shape index (κ3) is 4.49. The first-order valence-electron chi connectivity index (χ1n) is 8.97. The van der Waals surface area contributed by atoms with E-state index in [1.54, 1.807) is 6.92 Å². The van der Waals surface area contributed by atoms with Gasteiger partial charge >= 0.3 is 0 Å². The lowest BCUT2D eigenvalue weighted by atomic mass is 9.95. The molecule has 1 heterocycles. The van der Waals surface area contributed by atoms with Crippen molar-refractivity contribution in [1.82, 2.24) is 16.0 Å². The monoisotopic (exact) mass is 351 g/mol. The average Bonchev–Trinajstić information content (AvgIpc) is 2.66. The molecule has 5 nitrogen and oxygen atoms in total. The summed E-state index contributed by atoms with van der Waals surface area (Å²) in [4.78, 5) is 24.7. The molecule has 0 unspecified atom stereocenters. The molecule has 0 aliphatic carbocycles. The van der Waals surface area contributed by atoms with Crippen molar-refractivity contribution in [3.8, 4) is 0 Å². The second-order valence-corrected chi connectivity index (χ2v) is 6.84. The molecule has 0 saturated heterocycles. The molecule has 2 aromatic rings. The van der Waals surface area contributed by atoms with E-state index in [9.17, 15) is 9.59 Å². The van der Waals surface area contributed by atoms with Crippen LogP contribution in [0.2, 0.25) is 0 Å². The zero-order valence-corrected chi connectivity index (χ0v) is 15.2. The smallest absolute Gasteiger partial charge is 0.242 e. The van der Waals surface area contributed by atoms with Gasteiger partial charge in [-0.25, -0.2) is 0 Å². The van der Waals surface area contributed by atoms with Crippen LogP contribution >= 0.6 is 0 Å². The van der Waals surface area contributed by atoms with Crippen molar-refractivity contribution in [1.29, 1.82) is 0 Å². The number of carbonyl (C=O) groups excluding carboxylic acids is 2. The van der Waals surface area contributed by atoms with Crippen molar-refractivity contribution in [3.63, 3.8) is 0 Å². The van der Waals surface area contributed by atoms with Crippen LogP contribution in [0.3, 0.4) is 0 Å². The molecule has 0 bridgehead atoms. The Morgan fingerprint density at radius 2 is 1.81 bits per heavy atom. The number of aryl methyl sites for hydroxylation is 1. The lowest BCUT2D eigenvalue weighted by Gasteiger charge is -2.26. The van der Waals surface area contributed by atoms with Crippen LogP contribution in [-0.4, -0.2) is 23.9 Å². The van der Waals surface area contributed by atoms with E-state index in [-0.39, 0.29) is 17.9 Å². The Bertz CT molecular complexity index is 786. The highest BCUT2D eigenvalue weighted by molar-refractivity contribution is 5.89. The largest absolute Gasteiger partial charge is 0.350 e. The van der Waals surface area contributed by atoms with Gasteiger partial charge in [-0.15, -0.1) is 0 Å². The van der Waals surface area contributed by atoms with E-state index in [0.29, 0.717) is 19.5 Å². The van der Waals surface area contributed by atoms with Gasteiger partial charge in [0.05, 0.1) is 6.04 Å². The molecule has 2 atom stereocenters. The first-order chi connectivity index (χ1) is 12.5. The fraction of sp³-hybridized carbons (Fsp3) is 0.333. The SMILES string of the molecule is Cc1ccc(CNC(=O)[C@@H](C)NC(=O)[C@H]2Cc3ccccc3CN2)cc1. The number of hydrogen-bond acceptors (Lipinski definition) is 3. The van der Waals surface area contributed by atoms with Gasteiger partial charge in [0, 0.05) is 13.1 Å². The molecule has 1 aliphatic rings. The number of amides is 2. The summed E-state index contributed by atoms with van der Waals surface area (Å²) >= 11 is 0. The summed E-state index contributed by atoms with van der Waals surface area (Å²) in [6, 6.07) is 15.2. The van der Waals surface area contributed by atoms with Crippen LogP contribution in [0.25, 0.3) is 0 Å². The van der Waals surface area contributed by atoms with Crippen LogP contribution in [0.5, 0.6) is 0 Å². The standard InChI is InChI=1S/C21H25N3O2/c1-14-7-9-16(10-8-14)12-23-20(25)15(2)24-21(26)19-11-17-5-3-4-6-18(17)13-22-19/h3-10,15,19,22H,11-13H2,1-2H3,(H,23,25)(H,24,26)/t15-,19-/m1/s1. The highest BCUT2D eigenvalue weighted by atomic mass is 16.2. The number of hydrogen-bond donors (Lipinski definition) is 3. The van der Waals surface area contributed by atoms with Gasteiger partial charge in [-0.1, -0.05) is 54.1 Å². The van der Waals surface area contributed by atoms with E-state index in [4.69, 9.17) is 0 Å². The van der Waals surface area contributed by atoms with E-state index in [1.807, 2.05) is 49.4 Å². The maximum absolute atomic E-state index is 12.5. The molecule has 3 rings (SSSR count). The predicted octanol–water partition coefficient (Wildman–Crippen LogP) is 1.83. The van der Waals surface area contributed by atoms with Crippen molar-refractivity contribution in [3.05, 3.63) is 70.8 Å². The molecule has 0 spiro atoms. The van der Waals surface area contributed by atoms with E-state index in [0.717, 1.165) is 5.56 Å². The fourth-order valence-electron chi connectivity index (χ4n) is 3.07. The zero-order valence-electron chi connectivity index (χ0n) is 15.2. The third-order valence-corrected chi connectivity index (χ3v) is 4.74. The Morgan fingerprint density at radius 1 is 1.12 bits per heavy atom. The molecule has 0 radical (unpaired) electrons. The van der Waals surface area contributed by atoms with Crippen LogP contribution < -0.4 is 16.0 Å². The number of fused-ring (bicyclic) bond motifs is 1. The van der Waals surface area contributed by atoms with Gasteiger partial charge in [-0.05, 0) is 37.0 Å². The Labute approximate surface area is 154 Å². The van der Waals surface area contributed by atoms with E-state index in [1.165, 1.54) is 16.7 Å². The maximum Gasteiger partial charge on any atom is 0.242 e. The second kappa shape index (κ2) is 8.15. The van der Waals surface area contributed by atoms with Crippen molar-refractivity contribution in [2.75, 3.05) is 0 Å². The maximum atomic E-state index is 12.5. The lowest BCUT2D eigenvalue weighted by Crippen LogP contribution is -2.53. The summed E-state index contributed by atoms with van der Waals surface area (Å²) < 4.78 is 0. The number of benzene rings is 2. The Kier molecular flexibility index (Phi) is 5.68. The van der Waals surface area contributed by atoms with Gasteiger partial charge in [0.25, 0.3) is 0 Å². The number of rotatable bonds is 5. The van der Waals surface area contributed by atoms with Crippen molar-refractivity contribution >= 4 is 11.8 Å². The van der Waals surface area contributed by atoms with Crippen molar-refractivity contribution < 1.29 is 9.59 Å². The van der Waals surface area contributed by atoms with Gasteiger partial charge in [-0.2, -0.15) is 0 Å². The quantitative estimate of drug-likeness (QED) is 0.770. The summed E-state index contributed by atoms with van der Waals surface area (Å²) in [5, 5.41) is 8.92. The summed E-state index contributed by atoms with van der Waals surface area (Å²) in [6.45, 7) is 4.85. The normalized spacial score (nSPS) is 17.1. The summed E-state index contributed by atoms with van der Waals surface area (Å²) in [5.41, 5.74) is 4.62. The Hall–Kier alpha value is -2.66. The van der Waals surface area contributed by atoms with Crippen LogP contribution in [-0.2, 0) is 29.1 Å². The minimum atomic E-state index is -0.577. The number of nitrogens with one attached hydrogen (secondary N) is 3. The predicted molar refractivity (Wildman–Crippen MR) is 101 cm³/mol. The van der Waals surface area contributed by atoms with E-state index < -0.39 is 6.04 Å². The Balaban J connectivity index is 1.49. The molecule has 0 aromatic heterocycles. The molecule has 3 N–H and O–H groups in total. The van der Waals surface area contributed by atoms with E-state index >= 15 is 0 Å². The first-order valence-corrected chi connectivity index (χ1v) is 8.97. The van der Waals surface area contributed by atoms with Gasteiger partial charge in [0.15, 0.2) is 0 Å². The molecular weight excluding hydrogens is 326 g/mol. The number of carbonyl (C=O) groups is 2. The summed E-state index contributed by atoms with van der Waals surface area (Å²) in [6.07, 6.45) is 0.639. The highest BCUT2D eigenvalue weighted by Gasteiger charge is 2.26. The average molecular weight is 351 g/mol. The summed E-state index contributed by atoms with van der Waals surface area (Å²) in [5.74, 6) is -0.326. The Morgan fingerprint density at radius 3 is 2.54 bits per heavy atom. The second-order valence-electron chi connectivity index (χ2n) is 6.84. The summed E-state index contributed by atoms with van der Waals surface area (Å²) in [7, 11) is 0. The lowest BCUT2D eigenvalue weighted by molar-refractivity contribution is -0.129. The van der Waals surface area contributed by atoms with Crippen LogP contribution in [0.1, 0.15) is 29.2 Å². The van der Waals surface area contributed by atoms with Crippen LogP contribution in [0.15, 0.2) is 48.5 Å². The molecular formula is C21H25N3O2. The molecule has 2 amide bonds. The molecule has 5 heteroatoms. The topological polar surface area (TPSA) is 70.2 Å². The van der Waals surface area contributed by atoms with Crippen molar-refractivity contribution in [2.45, 2.75) is 45.4 Å². The zero-order chi connectivity index (χ0) is 18.5. The van der Waals surface area contributed by atoms with Gasteiger partial charge in [0.1, 0.15) is 6.04 Å². The molecule has 2 aromatic carbocycles. The molecule has 0 fully saturated rings. The highest BCUT2D eigenvalue weighted by Crippen LogP contribution is 2.16. The van der Waals surface area contributed by atoms with Gasteiger partial charge in [0.2, 0.25) is 11.8 Å². The minimum Gasteiger partial charge on any atom is -0.350 e. The minimum absolute atomic E-state index is 0.141. The molecule has 0 saturated carbocycles. The van der Waals surface area contributed by atoms with Gasteiger partial charge in [-0.3, -0.25) is 9.59 Å². The molecule has 136 valence electrons. The molecule has 1 aliphatic heterocycles. The van der Waals surface area contributed by atoms with Crippen LogP contribution in [0, 0.1) is 6.92 Å². The van der Waals surface area contributed by atoms with Gasteiger partial charge < -0.3 is 16.0 Å². The van der Waals surface area contributed by atoms with E-state index in [2.05, 4.69) is 22.0 Å². The first kappa shape index (κ1) is 18.1. The third-order valence-electron chi connectivity index (χ3n) is 4.74. The van der Waals surface area contributed by atoms with Crippen LogP contribution in [0.4, 0.5) is 0 Å². The fourth-order valence-corrected chi connectivity index (χ4v) is 3.07. The molecule has 26 heavy (non-hydrogen) atoms. The van der Waals surface area contributed by atoms with Crippen molar-refractivity contribution in [2.24, 2.45) is 0 Å².